The Bertz CT molecular complexity index is 441. The van der Waals surface area contributed by atoms with Crippen molar-refractivity contribution in [1.82, 2.24) is 10.2 Å². The van der Waals surface area contributed by atoms with Crippen LogP contribution in [0.3, 0.4) is 0 Å². The van der Waals surface area contributed by atoms with Crippen LogP contribution in [0, 0.1) is 11.3 Å². The Labute approximate surface area is 126 Å². The summed E-state index contributed by atoms with van der Waals surface area (Å²) in [6.07, 6.45) is 4.41. The van der Waals surface area contributed by atoms with Gasteiger partial charge in [0.05, 0.1) is 6.04 Å². The van der Waals surface area contributed by atoms with Crippen molar-refractivity contribution in [3.63, 3.8) is 0 Å². The predicted octanol–water partition coefficient (Wildman–Crippen LogP) is 1.04. The zero-order valence-corrected chi connectivity index (χ0v) is 13.3. The minimum Gasteiger partial charge on any atom is -0.351 e. The van der Waals surface area contributed by atoms with E-state index in [4.69, 9.17) is 5.73 Å². The van der Waals surface area contributed by atoms with Crippen LogP contribution in [0.2, 0.25) is 0 Å². The second kappa shape index (κ2) is 5.79. The number of nitrogens with zero attached hydrogens (tertiary/aromatic N) is 1. The van der Waals surface area contributed by atoms with Crippen LogP contribution in [0.5, 0.6) is 0 Å². The predicted molar refractivity (Wildman–Crippen MR) is 82.4 cm³/mol. The molecular formula is C16H27N3O2. The number of rotatable bonds is 4. The zero-order valence-electron chi connectivity index (χ0n) is 13.3. The zero-order chi connectivity index (χ0) is 15.8. The number of carbonyl (C=O) groups is 2. The molecule has 0 radical (unpaired) electrons. The third-order valence-electron chi connectivity index (χ3n) is 4.51. The highest BCUT2D eigenvalue weighted by molar-refractivity contribution is 5.90. The topological polar surface area (TPSA) is 75.4 Å². The summed E-state index contributed by atoms with van der Waals surface area (Å²) in [6.45, 7) is 10.2. The Morgan fingerprint density at radius 2 is 2.10 bits per heavy atom. The summed E-state index contributed by atoms with van der Waals surface area (Å²) in [5, 5.41) is 3.01. The molecule has 5 heteroatoms. The third kappa shape index (κ3) is 3.46. The molecule has 2 unspecified atom stereocenters. The van der Waals surface area contributed by atoms with E-state index in [1.807, 2.05) is 26.8 Å². The molecule has 0 bridgehead atoms. The van der Waals surface area contributed by atoms with E-state index in [1.54, 1.807) is 4.90 Å². The molecule has 3 N–H and O–H groups in total. The first-order valence-corrected chi connectivity index (χ1v) is 7.74. The van der Waals surface area contributed by atoms with Crippen molar-refractivity contribution in [2.24, 2.45) is 17.1 Å². The molecule has 0 aromatic carbocycles. The molecule has 0 spiro atoms. The molecule has 21 heavy (non-hydrogen) atoms. The van der Waals surface area contributed by atoms with Gasteiger partial charge in [0.1, 0.15) is 6.04 Å². The quantitative estimate of drug-likeness (QED) is 0.761. The highest BCUT2D eigenvalue weighted by atomic mass is 16.2. The number of nitrogens with one attached hydrogen (secondary N) is 1. The molecule has 1 aliphatic heterocycles. The van der Waals surface area contributed by atoms with Gasteiger partial charge in [-0.15, -0.1) is 6.58 Å². The van der Waals surface area contributed by atoms with E-state index in [-0.39, 0.29) is 29.3 Å². The van der Waals surface area contributed by atoms with Crippen molar-refractivity contribution in [1.29, 1.82) is 0 Å². The molecule has 2 amide bonds. The Hall–Kier alpha value is -1.36. The van der Waals surface area contributed by atoms with Crippen LogP contribution in [0.1, 0.15) is 40.0 Å². The first kappa shape index (κ1) is 16.0. The lowest BCUT2D eigenvalue weighted by Gasteiger charge is -2.32. The van der Waals surface area contributed by atoms with E-state index in [1.165, 1.54) is 0 Å². The number of carbonyl (C=O) groups excluding carboxylic acids is 2. The van der Waals surface area contributed by atoms with Crippen LogP contribution in [-0.4, -0.2) is 41.4 Å². The second-order valence-corrected chi connectivity index (χ2v) is 7.28. The maximum Gasteiger partial charge on any atom is 0.243 e. The smallest absolute Gasteiger partial charge is 0.243 e. The van der Waals surface area contributed by atoms with Gasteiger partial charge in [0.25, 0.3) is 0 Å². The number of hydrogen-bond acceptors (Lipinski definition) is 3. The number of amides is 2. The lowest BCUT2D eigenvalue weighted by Crippen LogP contribution is -2.55. The molecule has 1 saturated heterocycles. The summed E-state index contributed by atoms with van der Waals surface area (Å²) in [4.78, 5) is 26.6. The van der Waals surface area contributed by atoms with E-state index < -0.39 is 6.04 Å². The normalized spacial score (nSPS) is 29.9. The van der Waals surface area contributed by atoms with Crippen molar-refractivity contribution >= 4 is 11.8 Å². The minimum absolute atomic E-state index is 0.0451. The third-order valence-corrected chi connectivity index (χ3v) is 4.51. The van der Waals surface area contributed by atoms with E-state index >= 15 is 0 Å². The van der Waals surface area contributed by atoms with Gasteiger partial charge in [-0.3, -0.25) is 9.59 Å². The van der Waals surface area contributed by atoms with Crippen molar-refractivity contribution in [2.45, 2.75) is 58.2 Å². The maximum absolute atomic E-state index is 12.5. The van der Waals surface area contributed by atoms with Crippen molar-refractivity contribution in [2.75, 3.05) is 6.54 Å². The van der Waals surface area contributed by atoms with Crippen LogP contribution in [0.4, 0.5) is 0 Å². The van der Waals surface area contributed by atoms with Gasteiger partial charge in [-0.1, -0.05) is 26.8 Å². The van der Waals surface area contributed by atoms with Gasteiger partial charge in [0.15, 0.2) is 0 Å². The average Bonchev–Trinajstić information content (AvgIpc) is 2.97. The van der Waals surface area contributed by atoms with Gasteiger partial charge in [-0.25, -0.2) is 0 Å². The molecule has 0 aromatic rings. The van der Waals surface area contributed by atoms with Gasteiger partial charge >= 0.3 is 0 Å². The molecule has 1 aliphatic carbocycles. The van der Waals surface area contributed by atoms with E-state index in [9.17, 15) is 9.59 Å². The van der Waals surface area contributed by atoms with Crippen LogP contribution in [-0.2, 0) is 9.59 Å². The average molecular weight is 293 g/mol. The van der Waals surface area contributed by atoms with Crippen LogP contribution in [0.25, 0.3) is 0 Å². The van der Waals surface area contributed by atoms with Crippen molar-refractivity contribution < 1.29 is 9.59 Å². The summed E-state index contributed by atoms with van der Waals surface area (Å²) < 4.78 is 0. The second-order valence-electron chi connectivity index (χ2n) is 7.28. The fourth-order valence-electron chi connectivity index (χ4n) is 2.77. The summed E-state index contributed by atoms with van der Waals surface area (Å²) in [7, 11) is 0. The molecule has 5 nitrogen and oxygen atoms in total. The fourth-order valence-corrected chi connectivity index (χ4v) is 2.77. The van der Waals surface area contributed by atoms with Crippen LogP contribution < -0.4 is 11.1 Å². The maximum atomic E-state index is 12.5. The largest absolute Gasteiger partial charge is 0.351 e. The Morgan fingerprint density at radius 3 is 2.62 bits per heavy atom. The van der Waals surface area contributed by atoms with Gasteiger partial charge < -0.3 is 16.0 Å². The number of nitrogens with two attached hydrogens (primary N) is 1. The summed E-state index contributed by atoms with van der Waals surface area (Å²) >= 11 is 0. The van der Waals surface area contributed by atoms with Crippen molar-refractivity contribution in [3.8, 4) is 0 Å². The lowest BCUT2D eigenvalue weighted by atomic mass is 9.86. The van der Waals surface area contributed by atoms with E-state index in [0.717, 1.165) is 19.3 Å². The van der Waals surface area contributed by atoms with Gasteiger partial charge in [-0.2, -0.15) is 0 Å². The number of likely N-dealkylation sites (tertiary alicyclic amines) is 1. The molecule has 1 saturated carbocycles. The van der Waals surface area contributed by atoms with Crippen molar-refractivity contribution in [3.05, 3.63) is 12.7 Å². The Morgan fingerprint density at radius 1 is 1.43 bits per heavy atom. The van der Waals surface area contributed by atoms with E-state index in [2.05, 4.69) is 11.9 Å². The Kier molecular flexibility index (Phi) is 4.42. The molecule has 2 aliphatic rings. The summed E-state index contributed by atoms with van der Waals surface area (Å²) in [5.41, 5.74) is 5.76. The summed E-state index contributed by atoms with van der Waals surface area (Å²) in [6, 6.07) is -0.742. The monoisotopic (exact) mass is 293 g/mol. The van der Waals surface area contributed by atoms with E-state index in [0.29, 0.717) is 12.5 Å². The molecule has 0 aromatic heterocycles. The molecule has 2 rings (SSSR count). The molecule has 2 fully saturated rings. The first-order valence-electron chi connectivity index (χ1n) is 7.74. The van der Waals surface area contributed by atoms with Crippen LogP contribution >= 0.6 is 0 Å². The molecule has 1 heterocycles. The number of hydrogen-bond donors (Lipinski definition) is 2. The molecular weight excluding hydrogens is 266 g/mol. The standard InChI is InChI=1S/C16H27N3O2/c1-5-10-9-11(10)18-14(20)12-7-6-8-19(12)15(21)13(17)16(2,3)4/h5,10-13H,1,6-9,17H2,2-4H3,(H,18,20)/t10-,11?,12?,13-/m1/s1. The molecule has 118 valence electrons. The van der Waals surface area contributed by atoms with Gasteiger partial charge in [0, 0.05) is 12.6 Å². The van der Waals surface area contributed by atoms with Crippen LogP contribution in [0.15, 0.2) is 12.7 Å². The highest BCUT2D eigenvalue weighted by Gasteiger charge is 2.42. The Balaban J connectivity index is 1.98. The lowest BCUT2D eigenvalue weighted by molar-refractivity contribution is -0.141. The summed E-state index contributed by atoms with van der Waals surface area (Å²) in [5.74, 6) is 0.226. The molecule has 4 atom stereocenters. The fraction of sp³-hybridized carbons (Fsp3) is 0.750. The minimum atomic E-state index is -0.576. The first-order chi connectivity index (χ1) is 9.75. The SMILES string of the molecule is C=C[C@@H]1CC1NC(=O)C1CCCN1C(=O)[C@@H](N)C(C)(C)C. The van der Waals surface area contributed by atoms with Gasteiger partial charge in [-0.05, 0) is 30.6 Å². The van der Waals surface area contributed by atoms with Gasteiger partial charge in [0.2, 0.25) is 11.8 Å². The highest BCUT2D eigenvalue weighted by Crippen LogP contribution is 2.32.